The van der Waals surface area contributed by atoms with E-state index in [-0.39, 0.29) is 11.9 Å². The van der Waals surface area contributed by atoms with Crippen LogP contribution in [0.3, 0.4) is 0 Å². The van der Waals surface area contributed by atoms with E-state index in [1.807, 2.05) is 19.2 Å². The molecule has 1 N–H and O–H groups in total. The number of hydrogen-bond acceptors (Lipinski definition) is 3. The Bertz CT molecular complexity index is 615. The topological polar surface area (TPSA) is 21.3 Å². The van der Waals surface area contributed by atoms with E-state index in [2.05, 4.69) is 23.5 Å². The zero-order valence-corrected chi connectivity index (χ0v) is 12.8. The highest BCUT2D eigenvalue weighted by molar-refractivity contribution is 7.99. The summed E-state index contributed by atoms with van der Waals surface area (Å²) in [7, 11) is 1.96. The van der Waals surface area contributed by atoms with Crippen molar-refractivity contribution in [1.29, 1.82) is 0 Å². The average Bonchev–Trinajstić information content (AvgIpc) is 2.99. The molecule has 2 aromatic rings. The maximum Gasteiger partial charge on any atom is 0.127 e. The summed E-state index contributed by atoms with van der Waals surface area (Å²) in [6.07, 6.45) is 0.991. The van der Waals surface area contributed by atoms with Crippen LogP contribution in [-0.4, -0.2) is 19.4 Å². The third-order valence-electron chi connectivity index (χ3n) is 3.70. The number of hydrogen-bond donors (Lipinski definition) is 1. The second kappa shape index (κ2) is 6.50. The lowest BCUT2D eigenvalue weighted by Gasteiger charge is -2.19. The zero-order valence-electron chi connectivity index (χ0n) is 11.9. The Morgan fingerprint density at radius 2 is 2.05 bits per heavy atom. The van der Waals surface area contributed by atoms with Gasteiger partial charge in [-0.2, -0.15) is 0 Å². The largest absolute Gasteiger partial charge is 0.493 e. The van der Waals surface area contributed by atoms with Gasteiger partial charge in [-0.3, -0.25) is 0 Å². The fourth-order valence-corrected chi connectivity index (χ4v) is 3.59. The number of benzene rings is 2. The van der Waals surface area contributed by atoms with Gasteiger partial charge in [0, 0.05) is 28.7 Å². The molecule has 1 unspecified atom stereocenters. The van der Waals surface area contributed by atoms with E-state index in [1.165, 1.54) is 23.3 Å². The number of nitrogens with one attached hydrogen (secondary N) is 1. The standard InChI is InChI=1S/C17H18FNOS/c1-19-16(11-21-14-7-5-13(18)6-8-14)15-4-2-3-12-9-10-20-17(12)15/h2-8,16,19H,9-11H2,1H3. The first-order valence-electron chi connectivity index (χ1n) is 7.08. The third-order valence-corrected chi connectivity index (χ3v) is 4.80. The lowest BCUT2D eigenvalue weighted by Crippen LogP contribution is -2.19. The van der Waals surface area contributed by atoms with Gasteiger partial charge in [0.25, 0.3) is 0 Å². The molecule has 1 atom stereocenters. The molecule has 2 nitrogen and oxygen atoms in total. The van der Waals surface area contributed by atoms with Gasteiger partial charge in [0.05, 0.1) is 6.61 Å². The van der Waals surface area contributed by atoms with E-state index < -0.39 is 0 Å². The van der Waals surface area contributed by atoms with Crippen molar-refractivity contribution in [3.05, 3.63) is 59.4 Å². The summed E-state index contributed by atoms with van der Waals surface area (Å²) in [6.45, 7) is 0.772. The van der Waals surface area contributed by atoms with Gasteiger partial charge in [0.15, 0.2) is 0 Å². The predicted octanol–water partition coefficient (Wildman–Crippen LogP) is 3.81. The van der Waals surface area contributed by atoms with Crippen molar-refractivity contribution in [3.63, 3.8) is 0 Å². The molecule has 2 aromatic carbocycles. The number of halogens is 1. The first-order valence-corrected chi connectivity index (χ1v) is 8.06. The van der Waals surface area contributed by atoms with Gasteiger partial charge >= 0.3 is 0 Å². The molecule has 4 heteroatoms. The van der Waals surface area contributed by atoms with Crippen LogP contribution in [0.4, 0.5) is 4.39 Å². The molecule has 3 rings (SSSR count). The minimum absolute atomic E-state index is 0.196. The van der Waals surface area contributed by atoms with Crippen LogP contribution in [0.5, 0.6) is 5.75 Å². The first-order chi connectivity index (χ1) is 10.3. The van der Waals surface area contributed by atoms with Crippen LogP contribution < -0.4 is 10.1 Å². The van der Waals surface area contributed by atoms with Crippen molar-refractivity contribution >= 4 is 11.8 Å². The van der Waals surface area contributed by atoms with Crippen LogP contribution in [-0.2, 0) is 6.42 Å². The smallest absolute Gasteiger partial charge is 0.127 e. The molecular weight excluding hydrogens is 285 g/mol. The second-order valence-corrected chi connectivity index (χ2v) is 6.13. The minimum atomic E-state index is -0.196. The highest BCUT2D eigenvalue weighted by atomic mass is 32.2. The molecule has 0 aromatic heterocycles. The molecule has 0 spiro atoms. The van der Waals surface area contributed by atoms with Crippen molar-refractivity contribution < 1.29 is 9.13 Å². The van der Waals surface area contributed by atoms with Crippen molar-refractivity contribution in [2.75, 3.05) is 19.4 Å². The number of rotatable bonds is 5. The summed E-state index contributed by atoms with van der Waals surface area (Å²) in [5.41, 5.74) is 2.50. The monoisotopic (exact) mass is 303 g/mol. The van der Waals surface area contributed by atoms with Crippen molar-refractivity contribution in [1.82, 2.24) is 5.32 Å². The van der Waals surface area contributed by atoms with Crippen LogP contribution in [0, 0.1) is 5.82 Å². The van der Waals surface area contributed by atoms with Gasteiger partial charge in [0.2, 0.25) is 0 Å². The molecule has 1 aliphatic heterocycles. The number of para-hydroxylation sites is 1. The van der Waals surface area contributed by atoms with Gasteiger partial charge in [-0.1, -0.05) is 18.2 Å². The van der Waals surface area contributed by atoms with Crippen LogP contribution in [0.1, 0.15) is 17.2 Å². The Balaban J connectivity index is 1.74. The molecule has 0 bridgehead atoms. The summed E-state index contributed by atoms with van der Waals surface area (Å²) in [5, 5.41) is 3.35. The molecule has 21 heavy (non-hydrogen) atoms. The highest BCUT2D eigenvalue weighted by Gasteiger charge is 2.21. The molecule has 0 saturated heterocycles. The Labute approximate surface area is 128 Å². The molecule has 0 aliphatic carbocycles. The van der Waals surface area contributed by atoms with Gasteiger partial charge in [-0.15, -0.1) is 11.8 Å². The lowest BCUT2D eigenvalue weighted by molar-refractivity contribution is 0.350. The van der Waals surface area contributed by atoms with E-state index >= 15 is 0 Å². The van der Waals surface area contributed by atoms with Crippen molar-refractivity contribution in [2.24, 2.45) is 0 Å². The molecule has 110 valence electrons. The average molecular weight is 303 g/mol. The van der Waals surface area contributed by atoms with Gasteiger partial charge in [-0.25, -0.2) is 4.39 Å². The fourth-order valence-electron chi connectivity index (χ4n) is 2.55. The van der Waals surface area contributed by atoms with Crippen LogP contribution in [0.25, 0.3) is 0 Å². The maximum absolute atomic E-state index is 12.9. The number of thioether (sulfide) groups is 1. The molecule has 0 saturated carbocycles. The normalized spacial score (nSPS) is 14.6. The van der Waals surface area contributed by atoms with E-state index in [1.54, 1.807) is 11.8 Å². The Morgan fingerprint density at radius 3 is 2.81 bits per heavy atom. The van der Waals surface area contributed by atoms with Crippen molar-refractivity contribution in [2.45, 2.75) is 17.4 Å². The molecule has 0 fully saturated rings. The van der Waals surface area contributed by atoms with Crippen molar-refractivity contribution in [3.8, 4) is 5.75 Å². The second-order valence-electron chi connectivity index (χ2n) is 5.04. The maximum atomic E-state index is 12.9. The molecule has 0 amide bonds. The Morgan fingerprint density at radius 1 is 1.24 bits per heavy atom. The molecule has 1 heterocycles. The van der Waals surface area contributed by atoms with E-state index in [4.69, 9.17) is 4.74 Å². The highest BCUT2D eigenvalue weighted by Crippen LogP contribution is 2.35. The Kier molecular flexibility index (Phi) is 4.46. The lowest BCUT2D eigenvalue weighted by atomic mass is 10.0. The molecule has 0 radical (unpaired) electrons. The van der Waals surface area contributed by atoms with E-state index in [0.29, 0.717) is 0 Å². The van der Waals surface area contributed by atoms with Crippen LogP contribution in [0.2, 0.25) is 0 Å². The van der Waals surface area contributed by atoms with E-state index in [9.17, 15) is 4.39 Å². The van der Waals surface area contributed by atoms with Gasteiger partial charge in [-0.05, 0) is 36.9 Å². The summed E-state index contributed by atoms with van der Waals surface area (Å²) < 4.78 is 18.7. The molecule has 1 aliphatic rings. The SMILES string of the molecule is CNC(CSc1ccc(F)cc1)c1cccc2c1OCC2. The summed E-state index contributed by atoms with van der Waals surface area (Å²) >= 11 is 1.72. The predicted molar refractivity (Wildman–Crippen MR) is 84.6 cm³/mol. The van der Waals surface area contributed by atoms with Gasteiger partial charge in [0.1, 0.15) is 11.6 Å². The first kappa shape index (κ1) is 14.4. The minimum Gasteiger partial charge on any atom is -0.493 e. The summed E-state index contributed by atoms with van der Waals surface area (Å²) in [4.78, 5) is 1.07. The summed E-state index contributed by atoms with van der Waals surface area (Å²) in [5.74, 6) is 1.72. The van der Waals surface area contributed by atoms with Crippen LogP contribution in [0.15, 0.2) is 47.4 Å². The quantitative estimate of drug-likeness (QED) is 0.849. The van der Waals surface area contributed by atoms with E-state index in [0.717, 1.165) is 29.4 Å². The fraction of sp³-hybridized carbons (Fsp3) is 0.294. The number of ether oxygens (including phenoxy) is 1. The zero-order chi connectivity index (χ0) is 14.7. The van der Waals surface area contributed by atoms with Gasteiger partial charge < -0.3 is 10.1 Å². The number of fused-ring (bicyclic) bond motifs is 1. The summed E-state index contributed by atoms with van der Waals surface area (Å²) in [6, 6.07) is 13.2. The molecular formula is C17H18FNOS. The Hall–Kier alpha value is -1.52. The third kappa shape index (κ3) is 3.22. The van der Waals surface area contributed by atoms with Crippen LogP contribution >= 0.6 is 11.8 Å².